The first kappa shape index (κ1) is 13.2. The molecular weight excluding hydrogens is 254 g/mol. The molecule has 0 aliphatic carbocycles. The molecule has 1 aliphatic heterocycles. The summed E-state index contributed by atoms with van der Waals surface area (Å²) >= 11 is 5.84. The average molecular weight is 270 g/mol. The van der Waals surface area contributed by atoms with Crippen LogP contribution in [0.15, 0.2) is 18.2 Å². The van der Waals surface area contributed by atoms with Crippen molar-refractivity contribution in [3.05, 3.63) is 28.8 Å². The number of aromatic carboxylic acids is 1. The Morgan fingerprint density at radius 1 is 1.61 bits per heavy atom. The van der Waals surface area contributed by atoms with E-state index in [1.54, 1.807) is 19.2 Å². The van der Waals surface area contributed by atoms with Crippen LogP contribution in [0.25, 0.3) is 0 Å². The Hall–Kier alpha value is -1.26. The van der Waals surface area contributed by atoms with E-state index in [4.69, 9.17) is 16.3 Å². The zero-order chi connectivity index (χ0) is 13.1. The van der Waals surface area contributed by atoms with E-state index in [1.165, 1.54) is 6.07 Å². The Balaban J connectivity index is 2.21. The third-order valence-corrected chi connectivity index (χ3v) is 3.45. The van der Waals surface area contributed by atoms with Crippen molar-refractivity contribution in [1.29, 1.82) is 0 Å². The van der Waals surface area contributed by atoms with Crippen molar-refractivity contribution in [3.8, 4) is 0 Å². The van der Waals surface area contributed by atoms with E-state index in [-0.39, 0.29) is 5.56 Å². The van der Waals surface area contributed by atoms with Gasteiger partial charge in [-0.05, 0) is 24.6 Å². The molecule has 1 unspecified atom stereocenters. The minimum atomic E-state index is -0.942. The number of benzene rings is 1. The highest BCUT2D eigenvalue weighted by Crippen LogP contribution is 2.29. The van der Waals surface area contributed by atoms with Gasteiger partial charge in [-0.2, -0.15) is 0 Å². The van der Waals surface area contributed by atoms with E-state index in [2.05, 4.69) is 4.90 Å². The maximum atomic E-state index is 11.2. The molecule has 0 saturated carbocycles. The Bertz CT molecular complexity index is 450. The van der Waals surface area contributed by atoms with Crippen molar-refractivity contribution in [2.24, 2.45) is 5.92 Å². The minimum Gasteiger partial charge on any atom is -0.478 e. The largest absolute Gasteiger partial charge is 0.478 e. The number of nitrogens with zero attached hydrogens (tertiary/aromatic N) is 1. The lowest BCUT2D eigenvalue weighted by Gasteiger charge is -2.20. The Morgan fingerprint density at radius 2 is 2.39 bits per heavy atom. The first-order valence-electron chi connectivity index (χ1n) is 5.88. The molecule has 1 fully saturated rings. The number of rotatable bonds is 4. The van der Waals surface area contributed by atoms with E-state index < -0.39 is 5.97 Å². The molecule has 0 amide bonds. The second kappa shape index (κ2) is 5.59. The molecule has 1 heterocycles. The van der Waals surface area contributed by atoms with Gasteiger partial charge in [-0.25, -0.2) is 4.79 Å². The number of anilines is 1. The summed E-state index contributed by atoms with van der Waals surface area (Å²) in [6.45, 7) is 2.40. The van der Waals surface area contributed by atoms with Gasteiger partial charge in [0, 0.05) is 31.1 Å². The third kappa shape index (κ3) is 2.76. The van der Waals surface area contributed by atoms with Gasteiger partial charge in [-0.15, -0.1) is 0 Å². The van der Waals surface area contributed by atoms with Crippen LogP contribution in [-0.4, -0.2) is 37.9 Å². The zero-order valence-corrected chi connectivity index (χ0v) is 11.0. The minimum absolute atomic E-state index is 0.264. The number of carboxylic acid groups (broad SMARTS) is 1. The lowest BCUT2D eigenvalue weighted by Crippen LogP contribution is -2.23. The monoisotopic (exact) mass is 269 g/mol. The molecular formula is C13H16ClNO3. The van der Waals surface area contributed by atoms with Crippen LogP contribution in [0.5, 0.6) is 0 Å². The molecule has 1 saturated heterocycles. The van der Waals surface area contributed by atoms with Crippen LogP contribution in [0.2, 0.25) is 5.02 Å². The van der Waals surface area contributed by atoms with E-state index in [0.29, 0.717) is 17.5 Å². The molecule has 1 N–H and O–H groups in total. The number of halogens is 1. The molecule has 1 atom stereocenters. The number of hydrogen-bond acceptors (Lipinski definition) is 3. The topological polar surface area (TPSA) is 49.8 Å². The normalized spacial score (nSPS) is 19.2. The molecule has 1 aliphatic rings. The number of ether oxygens (including phenoxy) is 1. The van der Waals surface area contributed by atoms with Crippen LogP contribution in [0, 0.1) is 5.92 Å². The van der Waals surface area contributed by atoms with Crippen molar-refractivity contribution in [1.82, 2.24) is 0 Å². The average Bonchev–Trinajstić information content (AvgIpc) is 2.78. The molecule has 1 aromatic rings. The van der Waals surface area contributed by atoms with Crippen molar-refractivity contribution in [2.45, 2.75) is 6.42 Å². The van der Waals surface area contributed by atoms with Crippen LogP contribution in [0.1, 0.15) is 16.8 Å². The molecule has 18 heavy (non-hydrogen) atoms. The fourth-order valence-corrected chi connectivity index (χ4v) is 2.55. The highest BCUT2D eigenvalue weighted by Gasteiger charge is 2.25. The van der Waals surface area contributed by atoms with Gasteiger partial charge in [0.25, 0.3) is 0 Å². The van der Waals surface area contributed by atoms with Crippen molar-refractivity contribution in [2.75, 3.05) is 31.7 Å². The summed E-state index contributed by atoms with van der Waals surface area (Å²) in [5.41, 5.74) is 1.01. The van der Waals surface area contributed by atoms with Gasteiger partial charge in [-0.1, -0.05) is 11.6 Å². The molecule has 4 nitrogen and oxygen atoms in total. The summed E-state index contributed by atoms with van der Waals surface area (Å²) in [6.07, 6.45) is 1.02. The van der Waals surface area contributed by atoms with Crippen molar-refractivity contribution >= 4 is 23.3 Å². The summed E-state index contributed by atoms with van der Waals surface area (Å²) < 4.78 is 5.14. The van der Waals surface area contributed by atoms with Gasteiger partial charge in [-0.3, -0.25) is 0 Å². The quantitative estimate of drug-likeness (QED) is 0.912. The Kier molecular flexibility index (Phi) is 4.09. The third-order valence-electron chi connectivity index (χ3n) is 3.22. The molecule has 2 rings (SSSR count). The number of methoxy groups -OCH3 is 1. The van der Waals surface area contributed by atoms with E-state index in [0.717, 1.165) is 25.2 Å². The highest BCUT2D eigenvalue weighted by atomic mass is 35.5. The maximum absolute atomic E-state index is 11.2. The van der Waals surface area contributed by atoms with Gasteiger partial charge in [0.05, 0.1) is 17.9 Å². The molecule has 0 bridgehead atoms. The molecule has 98 valence electrons. The summed E-state index contributed by atoms with van der Waals surface area (Å²) in [6, 6.07) is 5.01. The summed E-state index contributed by atoms with van der Waals surface area (Å²) in [5, 5.41) is 9.66. The van der Waals surface area contributed by atoms with E-state index >= 15 is 0 Å². The Labute approximate surface area is 111 Å². The molecule has 0 radical (unpaired) electrons. The number of hydrogen-bond donors (Lipinski definition) is 1. The second-order valence-corrected chi connectivity index (χ2v) is 4.96. The van der Waals surface area contributed by atoms with Gasteiger partial charge >= 0.3 is 5.97 Å². The molecule has 5 heteroatoms. The van der Waals surface area contributed by atoms with Crippen LogP contribution >= 0.6 is 11.6 Å². The van der Waals surface area contributed by atoms with Gasteiger partial charge in [0.2, 0.25) is 0 Å². The smallest absolute Gasteiger partial charge is 0.337 e. The molecule has 0 aromatic heterocycles. The molecule has 1 aromatic carbocycles. The molecule has 0 spiro atoms. The van der Waals surface area contributed by atoms with Gasteiger partial charge in [0.1, 0.15) is 0 Å². The number of carboxylic acids is 1. The summed E-state index contributed by atoms with van der Waals surface area (Å²) in [4.78, 5) is 13.3. The van der Waals surface area contributed by atoms with Crippen LogP contribution in [0.3, 0.4) is 0 Å². The van der Waals surface area contributed by atoms with Crippen LogP contribution in [0.4, 0.5) is 5.69 Å². The lowest BCUT2D eigenvalue weighted by molar-refractivity contribution is 0.0697. The SMILES string of the molecule is COCC1CCN(c2ccc(Cl)cc2C(=O)O)C1. The van der Waals surface area contributed by atoms with E-state index in [9.17, 15) is 9.90 Å². The first-order chi connectivity index (χ1) is 8.61. The zero-order valence-electron chi connectivity index (χ0n) is 10.2. The fourth-order valence-electron chi connectivity index (χ4n) is 2.38. The second-order valence-electron chi connectivity index (χ2n) is 4.52. The maximum Gasteiger partial charge on any atom is 0.337 e. The van der Waals surface area contributed by atoms with Crippen molar-refractivity contribution in [3.63, 3.8) is 0 Å². The standard InChI is InChI=1S/C13H16ClNO3/c1-18-8-9-4-5-15(7-9)12-3-2-10(14)6-11(12)13(16)17/h2-3,6,9H,4-5,7-8H2,1H3,(H,16,17). The fraction of sp³-hybridized carbons (Fsp3) is 0.462. The van der Waals surface area contributed by atoms with Gasteiger partial charge < -0.3 is 14.7 Å². The predicted octanol–water partition coefficient (Wildman–Crippen LogP) is 2.51. The highest BCUT2D eigenvalue weighted by molar-refractivity contribution is 6.31. The summed E-state index contributed by atoms with van der Waals surface area (Å²) in [7, 11) is 1.69. The van der Waals surface area contributed by atoms with Gasteiger partial charge in [0.15, 0.2) is 0 Å². The Morgan fingerprint density at radius 3 is 3.06 bits per heavy atom. The summed E-state index contributed by atoms with van der Waals surface area (Å²) in [5.74, 6) is -0.477. The first-order valence-corrected chi connectivity index (χ1v) is 6.26. The lowest BCUT2D eigenvalue weighted by atomic mass is 10.1. The van der Waals surface area contributed by atoms with Crippen molar-refractivity contribution < 1.29 is 14.6 Å². The number of carbonyl (C=O) groups is 1. The van der Waals surface area contributed by atoms with E-state index in [1.807, 2.05) is 0 Å². The van der Waals surface area contributed by atoms with Crippen LogP contribution < -0.4 is 4.90 Å². The van der Waals surface area contributed by atoms with Crippen LogP contribution in [-0.2, 0) is 4.74 Å². The predicted molar refractivity (Wildman–Crippen MR) is 70.6 cm³/mol.